The highest BCUT2D eigenvalue weighted by Gasteiger charge is 2.28. The fourth-order valence-electron chi connectivity index (χ4n) is 1.47. The fourth-order valence-corrected chi connectivity index (χ4v) is 2.57. The van der Waals surface area contributed by atoms with Crippen molar-refractivity contribution in [1.82, 2.24) is 0 Å². The van der Waals surface area contributed by atoms with Gasteiger partial charge in [0.2, 0.25) is 0 Å². The molecule has 0 aliphatic heterocycles. The highest BCUT2D eigenvalue weighted by Crippen LogP contribution is 2.34. The molecule has 0 bridgehead atoms. The Morgan fingerprint density at radius 2 is 1.89 bits per heavy atom. The summed E-state index contributed by atoms with van der Waals surface area (Å²) in [5, 5.41) is 18.7. The van der Waals surface area contributed by atoms with Crippen LogP contribution in [0.2, 0.25) is 0 Å². The van der Waals surface area contributed by atoms with Gasteiger partial charge in [-0.2, -0.15) is 0 Å². The zero-order valence-corrected chi connectivity index (χ0v) is 12.8. The first-order valence-electron chi connectivity index (χ1n) is 6.29. The summed E-state index contributed by atoms with van der Waals surface area (Å²) >= 11 is 1.44. The molecular weight excluding hydrogens is 264 g/mol. The largest absolute Gasteiger partial charge is 0.479 e. The van der Waals surface area contributed by atoms with Crippen LogP contribution in [0.4, 0.5) is 0 Å². The summed E-state index contributed by atoms with van der Waals surface area (Å²) in [5.41, 5.74) is -0.0120. The first kappa shape index (κ1) is 16.1. The number of carbonyl (C=O) groups is 1. The Labute approximate surface area is 118 Å². The van der Waals surface area contributed by atoms with E-state index in [0.29, 0.717) is 4.88 Å². The van der Waals surface area contributed by atoms with Gasteiger partial charge in [0.25, 0.3) is 0 Å². The molecule has 4 nitrogen and oxygen atoms in total. The number of hydrogen-bond donors (Lipinski definition) is 2. The minimum absolute atomic E-state index is 0.0120. The predicted molar refractivity (Wildman–Crippen MR) is 75.6 cm³/mol. The summed E-state index contributed by atoms with van der Waals surface area (Å²) < 4.78 is 5.45. The molecule has 0 saturated carbocycles. The zero-order chi connectivity index (χ0) is 14.8. The maximum atomic E-state index is 11.3. The molecule has 108 valence electrons. The predicted octanol–water partition coefficient (Wildman–Crippen LogP) is 2.96. The van der Waals surface area contributed by atoms with Crippen molar-refractivity contribution in [2.45, 2.75) is 58.3 Å². The number of rotatable bonds is 5. The number of aliphatic hydroxyl groups is 1. The van der Waals surface area contributed by atoms with Gasteiger partial charge in [0.1, 0.15) is 0 Å². The number of carboxylic acid groups (broad SMARTS) is 1. The van der Waals surface area contributed by atoms with E-state index in [2.05, 4.69) is 20.8 Å². The van der Waals surface area contributed by atoms with Crippen molar-refractivity contribution in [1.29, 1.82) is 0 Å². The minimum Gasteiger partial charge on any atom is -0.479 e. The highest BCUT2D eigenvalue weighted by atomic mass is 32.1. The van der Waals surface area contributed by atoms with E-state index in [9.17, 15) is 15.0 Å². The molecule has 0 saturated heterocycles. The molecule has 0 amide bonds. The molecule has 2 N–H and O–H groups in total. The van der Waals surface area contributed by atoms with Gasteiger partial charge >= 0.3 is 5.97 Å². The van der Waals surface area contributed by atoms with Crippen LogP contribution in [0.1, 0.15) is 50.5 Å². The monoisotopic (exact) mass is 286 g/mol. The lowest BCUT2D eigenvalue weighted by Gasteiger charge is -2.21. The van der Waals surface area contributed by atoms with Crippen molar-refractivity contribution >= 4 is 17.3 Å². The van der Waals surface area contributed by atoms with Gasteiger partial charge < -0.3 is 14.9 Å². The Bertz CT molecular complexity index is 431. The van der Waals surface area contributed by atoms with E-state index in [-0.39, 0.29) is 5.41 Å². The normalized spacial score (nSPS) is 16.9. The maximum Gasteiger partial charge on any atom is 0.338 e. The second kappa shape index (κ2) is 6.03. The molecule has 19 heavy (non-hydrogen) atoms. The fraction of sp³-hybridized carbons (Fsp3) is 0.643. The van der Waals surface area contributed by atoms with Crippen LogP contribution < -0.4 is 0 Å². The summed E-state index contributed by atoms with van der Waals surface area (Å²) in [4.78, 5) is 13.1. The summed E-state index contributed by atoms with van der Waals surface area (Å²) in [5.74, 6) is -1.03. The SMILES string of the molecule is CC(O)C(C)OC(C(=O)O)c1ccc(C(C)(C)C)s1. The molecule has 1 heterocycles. The second-order valence-electron chi connectivity index (χ2n) is 5.75. The lowest BCUT2D eigenvalue weighted by molar-refractivity contribution is -0.158. The zero-order valence-electron chi connectivity index (χ0n) is 12.0. The smallest absolute Gasteiger partial charge is 0.338 e. The van der Waals surface area contributed by atoms with E-state index >= 15 is 0 Å². The van der Waals surface area contributed by atoms with Crippen molar-refractivity contribution in [2.24, 2.45) is 0 Å². The molecule has 0 aliphatic carbocycles. The molecule has 1 rings (SSSR count). The second-order valence-corrected chi connectivity index (χ2v) is 6.87. The van der Waals surface area contributed by atoms with Gasteiger partial charge in [0.15, 0.2) is 6.10 Å². The Morgan fingerprint density at radius 1 is 1.32 bits per heavy atom. The summed E-state index contributed by atoms with van der Waals surface area (Å²) in [6, 6.07) is 3.73. The van der Waals surface area contributed by atoms with Gasteiger partial charge in [0, 0.05) is 9.75 Å². The van der Waals surface area contributed by atoms with Crippen molar-refractivity contribution in [2.75, 3.05) is 0 Å². The molecule has 1 aromatic heterocycles. The van der Waals surface area contributed by atoms with Crippen molar-refractivity contribution < 1.29 is 19.7 Å². The van der Waals surface area contributed by atoms with Crippen LogP contribution in [0, 0.1) is 0 Å². The van der Waals surface area contributed by atoms with Crippen LogP contribution >= 0.6 is 11.3 Å². The van der Waals surface area contributed by atoms with Gasteiger partial charge in [-0.3, -0.25) is 0 Å². The van der Waals surface area contributed by atoms with Crippen LogP contribution in [-0.4, -0.2) is 28.4 Å². The number of aliphatic carboxylic acids is 1. The third kappa shape index (κ3) is 4.30. The number of aliphatic hydroxyl groups excluding tert-OH is 1. The Hall–Kier alpha value is -0.910. The number of ether oxygens (including phenoxy) is 1. The van der Waals surface area contributed by atoms with Gasteiger partial charge in [0.05, 0.1) is 12.2 Å². The van der Waals surface area contributed by atoms with E-state index in [1.807, 2.05) is 6.07 Å². The molecule has 0 radical (unpaired) electrons. The molecule has 3 unspecified atom stereocenters. The minimum atomic E-state index is -1.03. The lowest BCUT2D eigenvalue weighted by atomic mass is 9.95. The van der Waals surface area contributed by atoms with Crippen LogP contribution in [0.25, 0.3) is 0 Å². The number of thiophene rings is 1. The highest BCUT2D eigenvalue weighted by molar-refractivity contribution is 7.12. The summed E-state index contributed by atoms with van der Waals surface area (Å²) in [6.45, 7) is 9.49. The molecule has 0 aliphatic rings. The molecular formula is C14H22O4S. The van der Waals surface area contributed by atoms with Crippen LogP contribution in [0.15, 0.2) is 12.1 Å². The third-order valence-corrected chi connectivity index (χ3v) is 4.43. The van der Waals surface area contributed by atoms with Crippen molar-refractivity contribution in [3.63, 3.8) is 0 Å². The Morgan fingerprint density at radius 3 is 2.26 bits per heavy atom. The quantitative estimate of drug-likeness (QED) is 0.873. The van der Waals surface area contributed by atoms with Crippen LogP contribution in [0.5, 0.6) is 0 Å². The third-order valence-electron chi connectivity index (χ3n) is 2.88. The van der Waals surface area contributed by atoms with Crippen molar-refractivity contribution in [3.05, 3.63) is 21.9 Å². The summed E-state index contributed by atoms with van der Waals surface area (Å²) in [6.07, 6.45) is -2.25. The molecule has 3 atom stereocenters. The Kier molecular flexibility index (Phi) is 5.12. The molecule has 0 fully saturated rings. The van der Waals surface area contributed by atoms with E-state index in [4.69, 9.17) is 4.74 Å². The molecule has 0 aromatic carbocycles. The van der Waals surface area contributed by atoms with Gasteiger partial charge in [-0.25, -0.2) is 4.79 Å². The van der Waals surface area contributed by atoms with E-state index < -0.39 is 24.3 Å². The summed E-state index contributed by atoms with van der Waals surface area (Å²) in [7, 11) is 0. The topological polar surface area (TPSA) is 66.8 Å². The standard InChI is InChI=1S/C14H22O4S/c1-8(15)9(2)18-12(13(16)17)10-6-7-11(19-10)14(3,4)5/h6-9,12,15H,1-5H3,(H,16,17). The molecule has 5 heteroatoms. The molecule has 1 aromatic rings. The Balaban J connectivity index is 2.94. The number of carboxylic acids is 1. The van der Waals surface area contributed by atoms with Gasteiger partial charge in [-0.15, -0.1) is 11.3 Å². The van der Waals surface area contributed by atoms with Crippen molar-refractivity contribution in [3.8, 4) is 0 Å². The van der Waals surface area contributed by atoms with Crippen LogP contribution in [-0.2, 0) is 14.9 Å². The van der Waals surface area contributed by atoms with E-state index in [1.54, 1.807) is 19.9 Å². The lowest BCUT2D eigenvalue weighted by Crippen LogP contribution is -2.27. The van der Waals surface area contributed by atoms with E-state index in [1.165, 1.54) is 11.3 Å². The van der Waals surface area contributed by atoms with Gasteiger partial charge in [-0.1, -0.05) is 20.8 Å². The average Bonchev–Trinajstić information content (AvgIpc) is 2.73. The first-order valence-corrected chi connectivity index (χ1v) is 7.11. The van der Waals surface area contributed by atoms with Gasteiger partial charge in [-0.05, 0) is 31.4 Å². The van der Waals surface area contributed by atoms with Crippen LogP contribution in [0.3, 0.4) is 0 Å². The average molecular weight is 286 g/mol. The first-order chi connectivity index (χ1) is 8.62. The maximum absolute atomic E-state index is 11.3. The number of hydrogen-bond acceptors (Lipinski definition) is 4. The van der Waals surface area contributed by atoms with E-state index in [0.717, 1.165) is 4.88 Å². The molecule has 0 spiro atoms.